The van der Waals surface area contributed by atoms with E-state index in [9.17, 15) is 14.0 Å². The molecule has 0 aliphatic rings. The van der Waals surface area contributed by atoms with Gasteiger partial charge < -0.3 is 10.1 Å². The molecule has 0 saturated carbocycles. The summed E-state index contributed by atoms with van der Waals surface area (Å²) in [5.74, 6) is -1.35. The molecule has 0 atom stereocenters. The van der Waals surface area contributed by atoms with Gasteiger partial charge in [-0.2, -0.15) is 10.4 Å². The Hall–Kier alpha value is -3.25. The van der Waals surface area contributed by atoms with Gasteiger partial charge in [0.2, 0.25) is 0 Å². The number of hydrogen-bond acceptors (Lipinski definition) is 6. The molecule has 0 aliphatic carbocycles. The fourth-order valence-corrected chi connectivity index (χ4v) is 3.65. The fraction of sp³-hybridized carbons (Fsp3) is 0.263. The summed E-state index contributed by atoms with van der Waals surface area (Å²) in [4.78, 5) is 25.0. The highest BCUT2D eigenvalue weighted by atomic mass is 32.1. The zero-order chi connectivity index (χ0) is 20.1. The highest BCUT2D eigenvalue weighted by Crippen LogP contribution is 2.29. The van der Waals surface area contributed by atoms with Crippen molar-refractivity contribution in [2.24, 2.45) is 0 Å². The lowest BCUT2D eigenvalue weighted by atomic mass is 10.2. The molecular formula is C19H17FN4O3S. The second-order valence-electron chi connectivity index (χ2n) is 6.03. The molecule has 0 unspecified atom stereocenters. The number of rotatable bonds is 7. The van der Waals surface area contributed by atoms with Gasteiger partial charge in [-0.25, -0.2) is 9.18 Å². The van der Waals surface area contributed by atoms with Gasteiger partial charge in [-0.15, -0.1) is 11.3 Å². The van der Waals surface area contributed by atoms with Crippen molar-refractivity contribution in [3.63, 3.8) is 0 Å². The van der Waals surface area contributed by atoms with Crippen molar-refractivity contribution < 1.29 is 18.7 Å². The molecule has 0 spiro atoms. The van der Waals surface area contributed by atoms with Crippen LogP contribution in [-0.4, -0.2) is 34.8 Å². The second kappa shape index (κ2) is 8.63. The molecule has 0 bridgehead atoms. The number of nitriles is 1. The molecule has 1 N–H and O–H groups in total. The van der Waals surface area contributed by atoms with Crippen LogP contribution in [0.2, 0.25) is 0 Å². The average molecular weight is 400 g/mol. The van der Waals surface area contributed by atoms with E-state index in [-0.39, 0.29) is 18.8 Å². The highest BCUT2D eigenvalue weighted by molar-refractivity contribution is 7.20. The molecule has 0 saturated heterocycles. The standard InChI is InChI=1S/C19H17FN4O3S/c1-12-15-9-16(19(26)27-11-17(25)22-8-2-7-21)28-18(15)24(23-12)10-13-3-5-14(20)6-4-13/h3-6,9H,2,8,10-11H2,1H3,(H,22,25). The van der Waals surface area contributed by atoms with Gasteiger partial charge in [-0.05, 0) is 30.7 Å². The molecule has 3 aromatic rings. The van der Waals surface area contributed by atoms with Crippen LogP contribution in [0.3, 0.4) is 0 Å². The van der Waals surface area contributed by atoms with Crippen LogP contribution in [-0.2, 0) is 16.1 Å². The zero-order valence-corrected chi connectivity index (χ0v) is 15.9. The van der Waals surface area contributed by atoms with E-state index >= 15 is 0 Å². The van der Waals surface area contributed by atoms with Crippen LogP contribution in [0.15, 0.2) is 30.3 Å². The summed E-state index contributed by atoms with van der Waals surface area (Å²) in [6.45, 7) is 2.10. The number of fused-ring (bicyclic) bond motifs is 1. The summed E-state index contributed by atoms with van der Waals surface area (Å²) >= 11 is 1.23. The Morgan fingerprint density at radius 3 is 2.82 bits per heavy atom. The number of hydrogen-bond donors (Lipinski definition) is 1. The molecule has 9 heteroatoms. The van der Waals surface area contributed by atoms with Crippen LogP contribution in [0.4, 0.5) is 4.39 Å². The molecule has 3 rings (SSSR count). The lowest BCUT2D eigenvalue weighted by Gasteiger charge is -2.04. The first-order chi connectivity index (χ1) is 13.5. The van der Waals surface area contributed by atoms with Gasteiger partial charge in [0, 0.05) is 11.9 Å². The largest absolute Gasteiger partial charge is 0.451 e. The maximum atomic E-state index is 13.1. The number of ether oxygens (including phenoxy) is 1. The Morgan fingerprint density at radius 1 is 1.36 bits per heavy atom. The summed E-state index contributed by atoms with van der Waals surface area (Å²) in [5, 5.41) is 16.2. The van der Waals surface area contributed by atoms with Crippen molar-refractivity contribution in [1.29, 1.82) is 5.26 Å². The maximum Gasteiger partial charge on any atom is 0.348 e. The quantitative estimate of drug-likeness (QED) is 0.486. The third-order valence-corrected chi connectivity index (χ3v) is 5.08. The number of esters is 1. The van der Waals surface area contributed by atoms with Crippen molar-refractivity contribution in [3.05, 3.63) is 52.3 Å². The zero-order valence-electron chi connectivity index (χ0n) is 15.1. The van der Waals surface area contributed by atoms with Gasteiger partial charge >= 0.3 is 5.97 Å². The first kappa shape index (κ1) is 19.5. The van der Waals surface area contributed by atoms with E-state index < -0.39 is 18.5 Å². The number of nitrogens with zero attached hydrogens (tertiary/aromatic N) is 3. The van der Waals surface area contributed by atoms with Crippen molar-refractivity contribution in [1.82, 2.24) is 15.1 Å². The molecule has 0 radical (unpaired) electrons. The summed E-state index contributed by atoms with van der Waals surface area (Å²) < 4.78 is 19.9. The number of thiophene rings is 1. The van der Waals surface area contributed by atoms with Gasteiger partial charge in [-0.1, -0.05) is 12.1 Å². The SMILES string of the molecule is Cc1nn(Cc2ccc(F)cc2)c2sc(C(=O)OCC(=O)NCCC#N)cc12. The van der Waals surface area contributed by atoms with Crippen LogP contribution in [0, 0.1) is 24.1 Å². The summed E-state index contributed by atoms with van der Waals surface area (Å²) in [6, 6.07) is 9.76. The number of halogens is 1. The van der Waals surface area contributed by atoms with E-state index in [0.717, 1.165) is 21.5 Å². The maximum absolute atomic E-state index is 13.1. The molecule has 7 nitrogen and oxygen atoms in total. The van der Waals surface area contributed by atoms with E-state index in [2.05, 4.69) is 10.4 Å². The van der Waals surface area contributed by atoms with Gasteiger partial charge in [0.15, 0.2) is 6.61 Å². The first-order valence-electron chi connectivity index (χ1n) is 8.50. The molecule has 1 aromatic carbocycles. The highest BCUT2D eigenvalue weighted by Gasteiger charge is 2.18. The molecule has 28 heavy (non-hydrogen) atoms. The Kier molecular flexibility index (Phi) is 6.01. The minimum atomic E-state index is -0.593. The van der Waals surface area contributed by atoms with Gasteiger partial charge in [0.05, 0.1) is 24.7 Å². The number of carbonyl (C=O) groups excluding carboxylic acids is 2. The molecule has 2 aromatic heterocycles. The van der Waals surface area contributed by atoms with Gasteiger partial charge in [0.25, 0.3) is 5.91 Å². The average Bonchev–Trinajstić information content (AvgIpc) is 3.23. The van der Waals surface area contributed by atoms with Gasteiger partial charge in [-0.3, -0.25) is 9.48 Å². The Balaban J connectivity index is 1.70. The van der Waals surface area contributed by atoms with Crippen molar-refractivity contribution in [2.45, 2.75) is 19.9 Å². The Bertz CT molecular complexity index is 1050. The number of nitrogens with one attached hydrogen (secondary N) is 1. The molecule has 0 fully saturated rings. The van der Waals surface area contributed by atoms with Crippen LogP contribution in [0.5, 0.6) is 0 Å². The lowest BCUT2D eigenvalue weighted by molar-refractivity contribution is -0.124. The van der Waals surface area contributed by atoms with E-state index in [1.165, 1.54) is 23.5 Å². The minimum Gasteiger partial charge on any atom is -0.451 e. The number of aromatic nitrogens is 2. The van der Waals surface area contributed by atoms with E-state index in [1.807, 2.05) is 13.0 Å². The molecular weight excluding hydrogens is 383 g/mol. The van der Waals surface area contributed by atoms with Crippen molar-refractivity contribution >= 4 is 33.4 Å². The summed E-state index contributed by atoms with van der Waals surface area (Å²) in [5.41, 5.74) is 1.65. The third kappa shape index (κ3) is 4.53. The summed E-state index contributed by atoms with van der Waals surface area (Å²) in [7, 11) is 0. The topological polar surface area (TPSA) is 97.0 Å². The normalized spacial score (nSPS) is 10.6. The first-order valence-corrected chi connectivity index (χ1v) is 9.31. The Labute approximate surface area is 164 Å². The van der Waals surface area contributed by atoms with Crippen LogP contribution in [0.1, 0.15) is 27.3 Å². The monoisotopic (exact) mass is 400 g/mol. The minimum absolute atomic E-state index is 0.194. The predicted octanol–water partition coefficient (Wildman–Crippen LogP) is 2.78. The van der Waals surface area contributed by atoms with E-state index in [4.69, 9.17) is 10.00 Å². The number of benzene rings is 1. The van der Waals surface area contributed by atoms with Gasteiger partial charge in [0.1, 0.15) is 15.5 Å². The molecule has 1 amide bonds. The smallest absolute Gasteiger partial charge is 0.348 e. The van der Waals surface area contributed by atoms with Crippen LogP contribution >= 0.6 is 11.3 Å². The number of carbonyl (C=O) groups is 2. The predicted molar refractivity (Wildman–Crippen MR) is 101 cm³/mol. The second-order valence-corrected chi connectivity index (χ2v) is 7.06. The molecule has 2 heterocycles. The van der Waals surface area contributed by atoms with Crippen molar-refractivity contribution in [2.75, 3.05) is 13.2 Å². The number of aryl methyl sites for hydroxylation is 1. The summed E-state index contributed by atoms with van der Waals surface area (Å²) in [6.07, 6.45) is 0.194. The van der Waals surface area contributed by atoms with E-state index in [1.54, 1.807) is 22.9 Å². The van der Waals surface area contributed by atoms with Crippen LogP contribution < -0.4 is 5.32 Å². The van der Waals surface area contributed by atoms with Crippen molar-refractivity contribution in [3.8, 4) is 6.07 Å². The fourth-order valence-electron chi connectivity index (χ4n) is 2.59. The molecule has 144 valence electrons. The lowest BCUT2D eigenvalue weighted by Crippen LogP contribution is -2.29. The third-order valence-electron chi connectivity index (χ3n) is 3.95. The van der Waals surface area contributed by atoms with Crippen LogP contribution in [0.25, 0.3) is 10.2 Å². The molecule has 0 aliphatic heterocycles. The van der Waals surface area contributed by atoms with E-state index in [0.29, 0.717) is 11.4 Å². The Morgan fingerprint density at radius 2 is 2.11 bits per heavy atom. The number of amides is 1.